The first kappa shape index (κ1) is 27.5. The van der Waals surface area contributed by atoms with Crippen LogP contribution in [-0.2, 0) is 4.79 Å². The van der Waals surface area contributed by atoms with E-state index in [1.807, 2.05) is 17.9 Å². The molecule has 0 aliphatic carbocycles. The highest BCUT2D eigenvalue weighted by Gasteiger charge is 2.35. The average Bonchev–Trinajstić information content (AvgIpc) is 3.50. The lowest BCUT2D eigenvalue weighted by molar-refractivity contribution is -0.384. The fourth-order valence-electron chi connectivity index (χ4n) is 4.48. The van der Waals surface area contributed by atoms with Gasteiger partial charge in [-0.1, -0.05) is 19.1 Å². The number of benzene rings is 3. The van der Waals surface area contributed by atoms with Gasteiger partial charge in [0.15, 0.2) is 5.00 Å². The summed E-state index contributed by atoms with van der Waals surface area (Å²) in [5.41, 5.74) is 2.88. The van der Waals surface area contributed by atoms with Crippen LogP contribution in [-0.4, -0.2) is 51.6 Å². The molecule has 0 unspecified atom stereocenters. The van der Waals surface area contributed by atoms with Crippen molar-refractivity contribution in [2.24, 2.45) is 10.2 Å². The van der Waals surface area contributed by atoms with Crippen LogP contribution in [0.3, 0.4) is 0 Å². The Balaban J connectivity index is 1.39. The van der Waals surface area contributed by atoms with Crippen molar-refractivity contribution in [3.8, 4) is 0 Å². The first-order valence-corrected chi connectivity index (χ1v) is 13.7. The Morgan fingerprint density at radius 3 is 2.44 bits per heavy atom. The molecule has 3 amide bonds. The molecule has 0 fully saturated rings. The summed E-state index contributed by atoms with van der Waals surface area (Å²) in [6, 6.07) is 16.4. The third-order valence-electron chi connectivity index (χ3n) is 6.69. The largest absolute Gasteiger partial charge is 0.370 e. The summed E-state index contributed by atoms with van der Waals surface area (Å²) in [7, 11) is 0. The van der Waals surface area contributed by atoms with Crippen molar-refractivity contribution in [2.45, 2.75) is 20.3 Å². The maximum absolute atomic E-state index is 12.8. The van der Waals surface area contributed by atoms with Crippen LogP contribution in [0.4, 0.5) is 27.8 Å². The van der Waals surface area contributed by atoms with Gasteiger partial charge in [0.1, 0.15) is 5.69 Å². The molecule has 2 heterocycles. The first-order chi connectivity index (χ1) is 19.8. The van der Waals surface area contributed by atoms with E-state index in [0.717, 1.165) is 17.2 Å². The van der Waals surface area contributed by atoms with Gasteiger partial charge in [0.05, 0.1) is 27.3 Å². The van der Waals surface area contributed by atoms with E-state index in [0.29, 0.717) is 51.5 Å². The molecule has 208 valence electrons. The number of non-ortho nitro benzene ring substituents is 1. The van der Waals surface area contributed by atoms with Gasteiger partial charge in [0, 0.05) is 49.3 Å². The van der Waals surface area contributed by atoms with Gasteiger partial charge in [-0.05, 0) is 54.9 Å². The third-order valence-corrected chi connectivity index (χ3v) is 7.46. The van der Waals surface area contributed by atoms with Crippen LogP contribution >= 0.6 is 11.5 Å². The quantitative estimate of drug-likeness (QED) is 0.105. The summed E-state index contributed by atoms with van der Waals surface area (Å²) in [6.45, 7) is 4.85. The number of anilines is 2. The molecule has 1 N–H and O–H groups in total. The van der Waals surface area contributed by atoms with Crippen molar-refractivity contribution in [1.82, 2.24) is 9.27 Å². The third kappa shape index (κ3) is 5.52. The summed E-state index contributed by atoms with van der Waals surface area (Å²) in [4.78, 5) is 51.8. The second-order valence-electron chi connectivity index (χ2n) is 9.14. The summed E-state index contributed by atoms with van der Waals surface area (Å²) in [6.07, 6.45) is 0.251. The molecule has 1 aromatic heterocycles. The van der Waals surface area contributed by atoms with E-state index in [2.05, 4.69) is 19.9 Å². The summed E-state index contributed by atoms with van der Waals surface area (Å²) < 4.78 is 4.28. The molecule has 1 aliphatic rings. The van der Waals surface area contributed by atoms with Gasteiger partial charge in [-0.2, -0.15) is 4.37 Å². The highest BCUT2D eigenvalue weighted by atomic mass is 32.1. The Kier molecular flexibility index (Phi) is 7.79. The van der Waals surface area contributed by atoms with Crippen molar-refractivity contribution in [3.05, 3.63) is 81.9 Å². The highest BCUT2D eigenvalue weighted by molar-refractivity contribution is 7.11. The van der Waals surface area contributed by atoms with Crippen molar-refractivity contribution >= 4 is 67.9 Å². The second-order valence-corrected chi connectivity index (χ2v) is 9.89. The topological polar surface area (TPSA) is 150 Å². The number of imide groups is 1. The number of aromatic nitrogens is 1. The molecule has 13 heteroatoms. The standard InChI is InChI=1S/C28H25N7O5S/c1-3-25(36)29-24-16-17(33(4-2)13-14-34-27(37)19-7-5-6-8-20(19)28(34)38)9-12-23(24)30-31-26-21-15-18(35(39)40)10-11-22(21)32-41-26/h5-12,15-16H,3-4,13-14H2,1-2H3,(H,29,36). The minimum absolute atomic E-state index is 0.0738. The number of nitro groups is 1. The zero-order valence-corrected chi connectivity index (χ0v) is 23.1. The number of nitrogens with one attached hydrogen (secondary N) is 1. The molecule has 41 heavy (non-hydrogen) atoms. The Morgan fingerprint density at radius 2 is 1.78 bits per heavy atom. The number of hydrogen-bond donors (Lipinski definition) is 1. The molecule has 0 atom stereocenters. The monoisotopic (exact) mass is 571 g/mol. The lowest BCUT2D eigenvalue weighted by Gasteiger charge is -2.26. The number of fused-ring (bicyclic) bond motifs is 2. The summed E-state index contributed by atoms with van der Waals surface area (Å²) in [5.74, 6) is -0.838. The minimum atomic E-state index is -0.483. The first-order valence-electron chi connectivity index (χ1n) is 12.9. The fraction of sp³-hybridized carbons (Fsp3) is 0.214. The second kappa shape index (κ2) is 11.6. The normalized spacial score (nSPS) is 12.8. The van der Waals surface area contributed by atoms with Crippen LogP contribution < -0.4 is 10.2 Å². The smallest absolute Gasteiger partial charge is 0.270 e. The lowest BCUT2D eigenvalue weighted by atomic mass is 10.1. The molecule has 0 saturated carbocycles. The van der Waals surface area contributed by atoms with E-state index in [1.165, 1.54) is 17.0 Å². The van der Waals surface area contributed by atoms with Gasteiger partial charge < -0.3 is 10.2 Å². The van der Waals surface area contributed by atoms with E-state index in [1.54, 1.807) is 49.4 Å². The molecule has 5 rings (SSSR count). The van der Waals surface area contributed by atoms with Crippen molar-refractivity contribution in [2.75, 3.05) is 29.9 Å². The van der Waals surface area contributed by atoms with Gasteiger partial charge in [-0.3, -0.25) is 29.4 Å². The number of azo groups is 1. The van der Waals surface area contributed by atoms with Crippen molar-refractivity contribution in [1.29, 1.82) is 0 Å². The predicted molar refractivity (Wildman–Crippen MR) is 156 cm³/mol. The van der Waals surface area contributed by atoms with E-state index in [-0.39, 0.29) is 36.4 Å². The van der Waals surface area contributed by atoms with E-state index >= 15 is 0 Å². The zero-order chi connectivity index (χ0) is 29.1. The van der Waals surface area contributed by atoms with Gasteiger partial charge >= 0.3 is 0 Å². The van der Waals surface area contributed by atoms with Crippen LogP contribution in [0.15, 0.2) is 70.9 Å². The number of carbonyl (C=O) groups is 3. The molecule has 3 aromatic carbocycles. The van der Waals surface area contributed by atoms with Crippen molar-refractivity contribution < 1.29 is 19.3 Å². The van der Waals surface area contributed by atoms with Crippen LogP contribution in [0.5, 0.6) is 0 Å². The lowest BCUT2D eigenvalue weighted by Crippen LogP contribution is -2.38. The van der Waals surface area contributed by atoms with E-state index < -0.39 is 4.92 Å². The Hall–Kier alpha value is -5.04. The highest BCUT2D eigenvalue weighted by Crippen LogP contribution is 2.36. The maximum Gasteiger partial charge on any atom is 0.270 e. The SMILES string of the molecule is CCC(=O)Nc1cc(N(CC)CCN2C(=O)c3ccccc3C2=O)ccc1N=Nc1snc2ccc([N+](=O)[O-])cc12. The molecular weight excluding hydrogens is 546 g/mol. The number of likely N-dealkylation sites (N-methyl/N-ethyl adjacent to an activating group) is 1. The van der Waals surface area contributed by atoms with E-state index in [9.17, 15) is 24.5 Å². The molecule has 0 saturated heterocycles. The minimum Gasteiger partial charge on any atom is -0.370 e. The van der Waals surface area contributed by atoms with Gasteiger partial charge in [0.25, 0.3) is 17.5 Å². The maximum atomic E-state index is 12.8. The van der Waals surface area contributed by atoms with E-state index in [4.69, 9.17) is 0 Å². The molecule has 0 radical (unpaired) electrons. The fourth-order valence-corrected chi connectivity index (χ4v) is 5.16. The van der Waals surface area contributed by atoms with Crippen LogP contribution in [0, 0.1) is 10.1 Å². The molecule has 4 aromatic rings. The van der Waals surface area contributed by atoms with Gasteiger partial charge in [-0.15, -0.1) is 10.2 Å². The van der Waals surface area contributed by atoms with Crippen LogP contribution in [0.2, 0.25) is 0 Å². The Labute approximate surface area is 238 Å². The van der Waals surface area contributed by atoms with Crippen LogP contribution in [0.25, 0.3) is 10.9 Å². The van der Waals surface area contributed by atoms with Gasteiger partial charge in [0.2, 0.25) is 5.91 Å². The summed E-state index contributed by atoms with van der Waals surface area (Å²) >= 11 is 1.06. The predicted octanol–water partition coefficient (Wildman–Crippen LogP) is 6.09. The number of hydrogen-bond acceptors (Lipinski definition) is 10. The van der Waals surface area contributed by atoms with Crippen LogP contribution in [0.1, 0.15) is 41.0 Å². The zero-order valence-electron chi connectivity index (χ0n) is 22.2. The number of rotatable bonds is 10. The number of carbonyl (C=O) groups excluding carboxylic acids is 3. The molecular formula is C28H25N7O5S. The summed E-state index contributed by atoms with van der Waals surface area (Å²) in [5, 5.41) is 23.6. The number of nitro benzene ring substituents is 1. The number of amides is 3. The molecule has 1 aliphatic heterocycles. The molecule has 0 spiro atoms. The van der Waals surface area contributed by atoms with Crippen molar-refractivity contribution in [3.63, 3.8) is 0 Å². The Bertz CT molecular complexity index is 1680. The molecule has 0 bridgehead atoms. The van der Waals surface area contributed by atoms with Gasteiger partial charge in [-0.25, -0.2) is 0 Å². The molecule has 12 nitrogen and oxygen atoms in total. The average molecular weight is 572 g/mol. The Morgan fingerprint density at radius 1 is 1.05 bits per heavy atom. The number of nitrogens with zero attached hydrogens (tertiary/aromatic N) is 6.